The lowest BCUT2D eigenvalue weighted by molar-refractivity contribution is 0.0960. The van der Waals surface area contributed by atoms with Crippen LogP contribution in [0.3, 0.4) is 0 Å². The first-order valence-corrected chi connectivity index (χ1v) is 7.93. The number of nitrogens with one attached hydrogen (secondary N) is 2. The summed E-state index contributed by atoms with van der Waals surface area (Å²) in [5, 5.41) is 25.4. The minimum Gasteiger partial charge on any atom is -0.396 e. The Morgan fingerprint density at radius 1 is 1.48 bits per heavy atom. The Hall–Kier alpha value is -1.78. The van der Waals surface area contributed by atoms with E-state index in [4.69, 9.17) is 5.73 Å². The van der Waals surface area contributed by atoms with E-state index >= 15 is 0 Å². The van der Waals surface area contributed by atoms with E-state index in [2.05, 4.69) is 16.7 Å². The predicted molar refractivity (Wildman–Crippen MR) is 83.3 cm³/mol. The first-order valence-electron chi connectivity index (χ1n) is 7.12. The Labute approximate surface area is 128 Å². The Bertz CT molecular complexity index is 556. The number of nitrogen functional groups attached to an aromatic ring is 1. The molecule has 0 aromatic carbocycles. The maximum absolute atomic E-state index is 11.9. The first kappa shape index (κ1) is 15.6. The summed E-state index contributed by atoms with van der Waals surface area (Å²) in [7, 11) is 0. The molecule has 0 bridgehead atoms. The summed E-state index contributed by atoms with van der Waals surface area (Å²) in [5.74, 6) is -0.247. The molecule has 2 rings (SSSR count). The number of nitrogens with two attached hydrogens (primary N) is 1. The first-order chi connectivity index (χ1) is 10.1. The largest absolute Gasteiger partial charge is 0.396 e. The van der Waals surface area contributed by atoms with Crippen LogP contribution in [0.25, 0.3) is 0 Å². The standard InChI is InChI=1S/C14H20N4O2S/c1-2-17-13(20)12-11(16)10(7-15)14(21-12)18-8-3-5-9(19)6-4-8/h8-9,18-19H,2-6,16H2,1H3,(H,17,20). The maximum atomic E-state index is 11.9. The average molecular weight is 308 g/mol. The normalized spacial score (nSPS) is 21.6. The van der Waals surface area contributed by atoms with E-state index < -0.39 is 0 Å². The summed E-state index contributed by atoms with van der Waals surface area (Å²) < 4.78 is 0. The minimum absolute atomic E-state index is 0.209. The summed E-state index contributed by atoms with van der Waals surface area (Å²) in [6.45, 7) is 2.35. The van der Waals surface area contributed by atoms with Gasteiger partial charge in [-0.15, -0.1) is 11.3 Å². The number of aliphatic hydroxyl groups excluding tert-OH is 1. The topological polar surface area (TPSA) is 111 Å². The third-order valence-corrected chi connectivity index (χ3v) is 4.77. The second kappa shape index (κ2) is 6.78. The average Bonchev–Trinajstić information content (AvgIpc) is 2.78. The van der Waals surface area contributed by atoms with Gasteiger partial charge in [-0.3, -0.25) is 4.79 Å². The monoisotopic (exact) mass is 308 g/mol. The van der Waals surface area contributed by atoms with Crippen molar-refractivity contribution in [1.82, 2.24) is 5.32 Å². The molecule has 1 fully saturated rings. The summed E-state index contributed by atoms with van der Waals surface area (Å²) in [5.41, 5.74) is 6.50. The molecule has 114 valence electrons. The van der Waals surface area contributed by atoms with Gasteiger partial charge >= 0.3 is 0 Å². The van der Waals surface area contributed by atoms with Crippen molar-refractivity contribution >= 4 is 27.9 Å². The molecule has 1 saturated carbocycles. The Morgan fingerprint density at radius 2 is 2.14 bits per heavy atom. The fourth-order valence-electron chi connectivity index (χ4n) is 2.47. The minimum atomic E-state index is -0.247. The molecular weight excluding hydrogens is 288 g/mol. The number of nitriles is 1. The number of anilines is 2. The van der Waals surface area contributed by atoms with E-state index in [-0.39, 0.29) is 23.7 Å². The zero-order valence-electron chi connectivity index (χ0n) is 12.0. The Balaban J connectivity index is 2.17. The van der Waals surface area contributed by atoms with Crippen LogP contribution in [0, 0.1) is 11.3 Å². The quantitative estimate of drug-likeness (QED) is 0.676. The lowest BCUT2D eigenvalue weighted by Gasteiger charge is -2.26. The van der Waals surface area contributed by atoms with Crippen molar-refractivity contribution in [3.05, 3.63) is 10.4 Å². The van der Waals surface area contributed by atoms with Gasteiger partial charge in [0.15, 0.2) is 0 Å². The van der Waals surface area contributed by atoms with Crippen LogP contribution in [0.4, 0.5) is 10.7 Å². The number of amides is 1. The molecule has 1 aliphatic carbocycles. The van der Waals surface area contributed by atoms with Gasteiger partial charge in [0.25, 0.3) is 5.91 Å². The molecule has 0 saturated heterocycles. The van der Waals surface area contributed by atoms with E-state index in [1.54, 1.807) is 0 Å². The van der Waals surface area contributed by atoms with Crippen LogP contribution in [-0.2, 0) is 0 Å². The van der Waals surface area contributed by atoms with Crippen molar-refractivity contribution in [1.29, 1.82) is 5.26 Å². The van der Waals surface area contributed by atoms with Crippen molar-refractivity contribution in [3.8, 4) is 6.07 Å². The van der Waals surface area contributed by atoms with Crippen molar-refractivity contribution in [2.75, 3.05) is 17.6 Å². The highest BCUT2D eigenvalue weighted by molar-refractivity contribution is 7.18. The molecular formula is C14H20N4O2S. The molecule has 0 unspecified atom stereocenters. The molecule has 6 nitrogen and oxygen atoms in total. The van der Waals surface area contributed by atoms with Gasteiger partial charge < -0.3 is 21.5 Å². The van der Waals surface area contributed by atoms with E-state index in [1.807, 2.05) is 6.92 Å². The van der Waals surface area contributed by atoms with Gasteiger partial charge in [0.2, 0.25) is 0 Å². The second-order valence-corrected chi connectivity index (χ2v) is 6.19. The predicted octanol–water partition coefficient (Wildman–Crippen LogP) is 1.67. The van der Waals surface area contributed by atoms with Crippen LogP contribution in [0.2, 0.25) is 0 Å². The zero-order valence-corrected chi connectivity index (χ0v) is 12.8. The molecule has 1 aromatic rings. The number of carbonyl (C=O) groups excluding carboxylic acids is 1. The molecule has 7 heteroatoms. The lowest BCUT2D eigenvalue weighted by atomic mass is 9.93. The van der Waals surface area contributed by atoms with Gasteiger partial charge in [0.05, 0.1) is 11.8 Å². The molecule has 0 radical (unpaired) electrons. The van der Waals surface area contributed by atoms with Gasteiger partial charge in [-0.2, -0.15) is 5.26 Å². The van der Waals surface area contributed by atoms with Crippen LogP contribution in [0.15, 0.2) is 0 Å². The highest BCUT2D eigenvalue weighted by Crippen LogP contribution is 2.36. The fourth-order valence-corrected chi connectivity index (χ4v) is 3.54. The van der Waals surface area contributed by atoms with Crippen molar-refractivity contribution in [3.63, 3.8) is 0 Å². The third kappa shape index (κ3) is 3.46. The number of thiophene rings is 1. The van der Waals surface area contributed by atoms with Crippen LogP contribution in [0.5, 0.6) is 0 Å². The molecule has 1 aliphatic rings. The summed E-state index contributed by atoms with van der Waals surface area (Å²) in [6, 6.07) is 2.28. The van der Waals surface area contributed by atoms with Crippen molar-refractivity contribution < 1.29 is 9.90 Å². The number of carbonyl (C=O) groups is 1. The highest BCUT2D eigenvalue weighted by atomic mass is 32.1. The number of hydrogen-bond donors (Lipinski definition) is 4. The van der Waals surface area contributed by atoms with Gasteiger partial charge in [-0.1, -0.05) is 0 Å². The molecule has 0 spiro atoms. The summed E-state index contributed by atoms with van der Waals surface area (Å²) in [6.07, 6.45) is 2.98. The van der Waals surface area contributed by atoms with E-state index in [9.17, 15) is 15.2 Å². The van der Waals surface area contributed by atoms with Gasteiger partial charge in [0.1, 0.15) is 21.5 Å². The molecule has 1 amide bonds. The summed E-state index contributed by atoms with van der Waals surface area (Å²) >= 11 is 1.22. The number of rotatable bonds is 4. The van der Waals surface area contributed by atoms with Crippen LogP contribution in [-0.4, -0.2) is 29.7 Å². The number of hydrogen-bond acceptors (Lipinski definition) is 6. The van der Waals surface area contributed by atoms with Crippen molar-refractivity contribution in [2.45, 2.75) is 44.8 Å². The zero-order chi connectivity index (χ0) is 15.4. The SMILES string of the molecule is CCNC(=O)c1sc(NC2CCC(O)CC2)c(C#N)c1N. The van der Waals surface area contributed by atoms with E-state index in [0.29, 0.717) is 22.0 Å². The molecule has 21 heavy (non-hydrogen) atoms. The van der Waals surface area contributed by atoms with Gasteiger partial charge in [-0.05, 0) is 32.6 Å². The second-order valence-electron chi connectivity index (χ2n) is 5.17. The number of aliphatic hydroxyl groups is 1. The smallest absolute Gasteiger partial charge is 0.263 e. The van der Waals surface area contributed by atoms with Crippen LogP contribution >= 0.6 is 11.3 Å². The van der Waals surface area contributed by atoms with Gasteiger partial charge in [-0.25, -0.2) is 0 Å². The molecule has 5 N–H and O–H groups in total. The lowest BCUT2D eigenvalue weighted by Crippen LogP contribution is -2.28. The maximum Gasteiger partial charge on any atom is 0.263 e. The third-order valence-electron chi connectivity index (χ3n) is 3.63. The molecule has 0 aliphatic heterocycles. The van der Waals surface area contributed by atoms with E-state index in [1.165, 1.54) is 11.3 Å². The molecule has 1 heterocycles. The van der Waals surface area contributed by atoms with Crippen LogP contribution < -0.4 is 16.4 Å². The number of nitrogens with zero attached hydrogens (tertiary/aromatic N) is 1. The Morgan fingerprint density at radius 3 is 2.71 bits per heavy atom. The van der Waals surface area contributed by atoms with Crippen LogP contribution in [0.1, 0.15) is 47.8 Å². The highest BCUT2D eigenvalue weighted by Gasteiger charge is 2.24. The van der Waals surface area contributed by atoms with Gasteiger partial charge in [0, 0.05) is 12.6 Å². The molecule has 0 atom stereocenters. The van der Waals surface area contributed by atoms with E-state index in [0.717, 1.165) is 25.7 Å². The molecule has 1 aromatic heterocycles. The Kier molecular flexibility index (Phi) is 5.04. The fraction of sp³-hybridized carbons (Fsp3) is 0.571. The van der Waals surface area contributed by atoms with Crippen molar-refractivity contribution in [2.24, 2.45) is 0 Å². The summed E-state index contributed by atoms with van der Waals surface area (Å²) in [4.78, 5) is 12.3.